The van der Waals surface area contributed by atoms with Crippen molar-refractivity contribution in [3.8, 4) is 11.5 Å². The van der Waals surface area contributed by atoms with E-state index in [0.29, 0.717) is 58.0 Å². The van der Waals surface area contributed by atoms with Crippen molar-refractivity contribution in [3.63, 3.8) is 0 Å². The molecule has 8 heteroatoms. The largest absolute Gasteiger partial charge is 0.493 e. The van der Waals surface area contributed by atoms with E-state index in [1.54, 1.807) is 30.0 Å². The highest BCUT2D eigenvalue weighted by Crippen LogP contribution is 2.35. The molecule has 7 nitrogen and oxygen atoms in total. The molecule has 1 aliphatic rings. The van der Waals surface area contributed by atoms with Crippen LogP contribution in [-0.2, 0) is 0 Å². The number of nitrogens with zero attached hydrogens (tertiary/aromatic N) is 2. The molecular formula is C24H24FN3O4. The van der Waals surface area contributed by atoms with Gasteiger partial charge in [0.2, 0.25) is 0 Å². The lowest BCUT2D eigenvalue weighted by molar-refractivity contribution is 0.0793. The third kappa shape index (κ3) is 4.08. The lowest BCUT2D eigenvalue weighted by Crippen LogP contribution is -2.29. The number of pyridine rings is 1. The summed E-state index contributed by atoms with van der Waals surface area (Å²) in [6.07, 6.45) is 1.89. The minimum absolute atomic E-state index is 0.184. The standard InChI is InChI=1S/C24H24FN3O4/c1-14-10-17(16-7-6-15(25)11-19(16)26-14)23(29)27-20-13-22(32-3)21(31-2)12-18(20)24(30)28-8-4-5-9-28/h6-7,10-13H,4-5,8-9H2,1-3H3,(H,27,29). The number of hydrogen-bond acceptors (Lipinski definition) is 5. The van der Waals surface area contributed by atoms with Crippen LogP contribution in [0.2, 0.25) is 0 Å². The van der Waals surface area contributed by atoms with Gasteiger partial charge in [-0.2, -0.15) is 0 Å². The van der Waals surface area contributed by atoms with Gasteiger partial charge in [-0.05, 0) is 44.0 Å². The molecule has 1 N–H and O–H groups in total. The van der Waals surface area contributed by atoms with Crippen LogP contribution < -0.4 is 14.8 Å². The fourth-order valence-corrected chi connectivity index (χ4v) is 3.96. The van der Waals surface area contributed by atoms with E-state index in [2.05, 4.69) is 10.3 Å². The van der Waals surface area contributed by atoms with Gasteiger partial charge in [-0.1, -0.05) is 0 Å². The summed E-state index contributed by atoms with van der Waals surface area (Å²) in [5.74, 6) is -0.265. The van der Waals surface area contributed by atoms with Gasteiger partial charge in [0.25, 0.3) is 11.8 Å². The van der Waals surface area contributed by atoms with Gasteiger partial charge in [-0.3, -0.25) is 14.6 Å². The Morgan fingerprint density at radius 2 is 1.69 bits per heavy atom. The van der Waals surface area contributed by atoms with Gasteiger partial charge in [-0.15, -0.1) is 0 Å². The summed E-state index contributed by atoms with van der Waals surface area (Å²) >= 11 is 0. The van der Waals surface area contributed by atoms with E-state index in [4.69, 9.17) is 9.47 Å². The number of amides is 2. The van der Waals surface area contributed by atoms with Crippen LogP contribution in [0.4, 0.5) is 10.1 Å². The van der Waals surface area contributed by atoms with E-state index in [-0.39, 0.29) is 5.91 Å². The molecular weight excluding hydrogens is 413 g/mol. The van der Waals surface area contributed by atoms with E-state index in [0.717, 1.165) is 12.8 Å². The molecule has 0 unspecified atom stereocenters. The summed E-state index contributed by atoms with van der Waals surface area (Å²) < 4.78 is 24.4. The first-order valence-corrected chi connectivity index (χ1v) is 10.3. The highest BCUT2D eigenvalue weighted by molar-refractivity contribution is 6.14. The van der Waals surface area contributed by atoms with Crippen LogP contribution in [-0.4, -0.2) is 49.0 Å². The van der Waals surface area contributed by atoms with E-state index < -0.39 is 11.7 Å². The number of methoxy groups -OCH3 is 2. The van der Waals surface area contributed by atoms with Crippen molar-refractivity contribution in [2.24, 2.45) is 0 Å². The summed E-state index contributed by atoms with van der Waals surface area (Å²) in [6.45, 7) is 3.07. The Morgan fingerprint density at radius 1 is 1.00 bits per heavy atom. The highest BCUT2D eigenvalue weighted by Gasteiger charge is 2.25. The van der Waals surface area contributed by atoms with Crippen LogP contribution in [0.5, 0.6) is 11.5 Å². The minimum Gasteiger partial charge on any atom is -0.493 e. The lowest BCUT2D eigenvalue weighted by Gasteiger charge is -2.20. The van der Waals surface area contributed by atoms with Gasteiger partial charge in [0.05, 0.1) is 36.6 Å². The second-order valence-corrected chi connectivity index (χ2v) is 7.68. The first-order chi connectivity index (χ1) is 15.4. The monoisotopic (exact) mass is 437 g/mol. The van der Waals surface area contributed by atoms with E-state index >= 15 is 0 Å². The molecule has 0 atom stereocenters. The average Bonchev–Trinajstić information content (AvgIpc) is 3.32. The predicted molar refractivity (Wildman–Crippen MR) is 119 cm³/mol. The number of aromatic nitrogens is 1. The Balaban J connectivity index is 1.77. The maximum atomic E-state index is 13.7. The first-order valence-electron chi connectivity index (χ1n) is 10.3. The highest BCUT2D eigenvalue weighted by atomic mass is 19.1. The molecule has 0 spiro atoms. The first kappa shape index (κ1) is 21.5. The van der Waals surface area contributed by atoms with Crippen molar-refractivity contribution in [2.75, 3.05) is 32.6 Å². The quantitative estimate of drug-likeness (QED) is 0.648. The Bertz CT molecular complexity index is 1200. The van der Waals surface area contributed by atoms with Crippen molar-refractivity contribution in [1.29, 1.82) is 0 Å². The molecule has 0 radical (unpaired) electrons. The number of carbonyl (C=O) groups excluding carboxylic acids is 2. The molecule has 2 amide bonds. The fourth-order valence-electron chi connectivity index (χ4n) is 3.96. The van der Waals surface area contributed by atoms with Crippen LogP contribution in [0.15, 0.2) is 36.4 Å². The molecule has 32 heavy (non-hydrogen) atoms. The molecule has 1 fully saturated rings. The van der Waals surface area contributed by atoms with Crippen LogP contribution in [0.1, 0.15) is 39.3 Å². The molecule has 0 bridgehead atoms. The molecule has 0 aliphatic carbocycles. The Morgan fingerprint density at radius 3 is 2.38 bits per heavy atom. The Kier molecular flexibility index (Phi) is 5.94. The number of hydrogen-bond donors (Lipinski definition) is 1. The van der Waals surface area contributed by atoms with Gasteiger partial charge in [0, 0.05) is 36.3 Å². The van der Waals surface area contributed by atoms with Crippen LogP contribution >= 0.6 is 0 Å². The van der Waals surface area contributed by atoms with Gasteiger partial charge < -0.3 is 19.7 Å². The molecule has 1 aromatic heterocycles. The maximum absolute atomic E-state index is 13.7. The zero-order chi connectivity index (χ0) is 22.8. The summed E-state index contributed by atoms with van der Waals surface area (Å²) in [7, 11) is 2.98. The number of fused-ring (bicyclic) bond motifs is 1. The lowest BCUT2D eigenvalue weighted by atomic mass is 10.1. The Hall–Kier alpha value is -3.68. The fraction of sp³-hybridized carbons (Fsp3) is 0.292. The number of aryl methyl sites for hydroxylation is 1. The van der Waals surface area contributed by atoms with Crippen molar-refractivity contribution in [2.45, 2.75) is 19.8 Å². The zero-order valence-electron chi connectivity index (χ0n) is 18.2. The SMILES string of the molecule is COc1cc(NC(=O)c2cc(C)nc3cc(F)ccc23)c(C(=O)N2CCCC2)cc1OC. The number of benzene rings is 2. The van der Waals surface area contributed by atoms with Gasteiger partial charge >= 0.3 is 0 Å². The number of halogens is 1. The number of nitrogens with one attached hydrogen (secondary N) is 1. The van der Waals surface area contributed by atoms with E-state index in [9.17, 15) is 14.0 Å². The summed E-state index contributed by atoms with van der Waals surface area (Å²) in [4.78, 5) is 32.5. The number of anilines is 1. The third-order valence-corrected chi connectivity index (χ3v) is 5.54. The molecule has 2 heterocycles. The molecule has 4 rings (SSSR count). The van der Waals surface area contributed by atoms with Crippen LogP contribution in [0.25, 0.3) is 10.9 Å². The van der Waals surface area contributed by atoms with Crippen LogP contribution in [0, 0.1) is 12.7 Å². The number of rotatable bonds is 5. The average molecular weight is 437 g/mol. The van der Waals surface area contributed by atoms with Gasteiger partial charge in [0.1, 0.15) is 5.82 Å². The second-order valence-electron chi connectivity index (χ2n) is 7.68. The molecule has 2 aromatic carbocycles. The molecule has 166 valence electrons. The third-order valence-electron chi connectivity index (χ3n) is 5.54. The predicted octanol–water partition coefficient (Wildman–Crippen LogP) is 4.19. The second kappa shape index (κ2) is 8.82. The number of ether oxygens (including phenoxy) is 2. The summed E-state index contributed by atoms with van der Waals surface area (Å²) in [6, 6.07) is 8.90. The smallest absolute Gasteiger partial charge is 0.256 e. The minimum atomic E-state index is -0.435. The Labute approximate surface area is 185 Å². The zero-order valence-corrected chi connectivity index (χ0v) is 18.2. The van der Waals surface area contributed by atoms with Crippen molar-refractivity contribution in [3.05, 3.63) is 59.0 Å². The van der Waals surface area contributed by atoms with Gasteiger partial charge in [0.15, 0.2) is 11.5 Å². The van der Waals surface area contributed by atoms with E-state index in [1.165, 1.54) is 32.4 Å². The topological polar surface area (TPSA) is 80.8 Å². The summed E-state index contributed by atoms with van der Waals surface area (Å²) in [5, 5.41) is 3.36. The van der Waals surface area contributed by atoms with Gasteiger partial charge in [-0.25, -0.2) is 4.39 Å². The van der Waals surface area contributed by atoms with Crippen molar-refractivity contribution < 1.29 is 23.5 Å². The molecule has 0 saturated carbocycles. The van der Waals surface area contributed by atoms with E-state index in [1.807, 2.05) is 0 Å². The van der Waals surface area contributed by atoms with Crippen molar-refractivity contribution in [1.82, 2.24) is 9.88 Å². The van der Waals surface area contributed by atoms with Crippen LogP contribution in [0.3, 0.4) is 0 Å². The number of likely N-dealkylation sites (tertiary alicyclic amines) is 1. The summed E-state index contributed by atoms with van der Waals surface area (Å²) in [5.41, 5.74) is 1.93. The molecule has 3 aromatic rings. The maximum Gasteiger partial charge on any atom is 0.256 e. The van der Waals surface area contributed by atoms with Crippen molar-refractivity contribution >= 4 is 28.4 Å². The number of carbonyl (C=O) groups is 2. The normalized spacial score (nSPS) is 13.3. The molecule has 1 saturated heterocycles. The molecule has 1 aliphatic heterocycles.